The van der Waals surface area contributed by atoms with Crippen molar-refractivity contribution in [3.63, 3.8) is 0 Å². The van der Waals surface area contributed by atoms with Gasteiger partial charge in [-0.3, -0.25) is 4.79 Å². The molecule has 0 unspecified atom stereocenters. The lowest BCUT2D eigenvalue weighted by Gasteiger charge is -2.12. The van der Waals surface area contributed by atoms with Crippen molar-refractivity contribution in [3.8, 4) is 5.75 Å². The number of rotatable bonds is 5. The first-order valence-electron chi connectivity index (χ1n) is 9.61. The zero-order valence-corrected chi connectivity index (χ0v) is 16.2. The van der Waals surface area contributed by atoms with Crippen LogP contribution in [0, 0.1) is 0 Å². The Morgan fingerprint density at radius 3 is 2.74 bits per heavy atom. The third kappa shape index (κ3) is 2.85. The Kier molecular flexibility index (Phi) is 4.31. The zero-order chi connectivity index (χ0) is 19.3. The quantitative estimate of drug-likeness (QED) is 0.649. The summed E-state index contributed by atoms with van der Waals surface area (Å²) in [5.41, 5.74) is 6.25. The fraction of sp³-hybridized carbons (Fsp3) is 0.348. The number of carbonyl (C=O) groups is 1. The molecule has 1 aliphatic carbocycles. The van der Waals surface area contributed by atoms with E-state index in [0.29, 0.717) is 11.6 Å². The third-order valence-corrected chi connectivity index (χ3v) is 5.58. The number of phenols is 1. The minimum absolute atomic E-state index is 0.0527. The monoisotopic (exact) mass is 362 g/mol. The highest BCUT2D eigenvalue weighted by molar-refractivity contribution is 6.14. The minimum atomic E-state index is -0.117. The summed E-state index contributed by atoms with van der Waals surface area (Å²) < 4.78 is 2.26. The van der Waals surface area contributed by atoms with Crippen molar-refractivity contribution in [3.05, 3.63) is 47.5 Å². The summed E-state index contributed by atoms with van der Waals surface area (Å²) in [6.45, 7) is 11.6. The number of benzene rings is 2. The molecular weight excluding hydrogens is 336 g/mol. The lowest BCUT2D eigenvalue weighted by molar-refractivity contribution is 0.101. The van der Waals surface area contributed by atoms with Crippen LogP contribution in [0.3, 0.4) is 0 Å². The maximum Gasteiger partial charge on any atom is 0.163 e. The summed E-state index contributed by atoms with van der Waals surface area (Å²) in [7, 11) is 0. The molecule has 0 radical (unpaired) electrons. The molecule has 0 bridgehead atoms. The number of ketones is 1. The van der Waals surface area contributed by atoms with Crippen molar-refractivity contribution >= 4 is 33.2 Å². The van der Waals surface area contributed by atoms with Gasteiger partial charge in [-0.25, -0.2) is 0 Å². The van der Waals surface area contributed by atoms with E-state index in [-0.39, 0.29) is 11.5 Å². The number of hydrogen-bond acceptors (Lipinski definition) is 3. The third-order valence-electron chi connectivity index (χ3n) is 5.58. The molecule has 4 nitrogen and oxygen atoms in total. The Bertz CT molecular complexity index is 1090. The van der Waals surface area contributed by atoms with Crippen molar-refractivity contribution in [2.24, 2.45) is 0 Å². The molecule has 0 saturated heterocycles. The number of fused-ring (bicyclic) bond motifs is 5. The smallest absolute Gasteiger partial charge is 0.163 e. The molecule has 2 aromatic carbocycles. The van der Waals surface area contributed by atoms with Crippen LogP contribution < -0.4 is 5.32 Å². The highest BCUT2D eigenvalue weighted by atomic mass is 16.3. The topological polar surface area (TPSA) is 54.3 Å². The highest BCUT2D eigenvalue weighted by Crippen LogP contribution is 2.42. The van der Waals surface area contributed by atoms with Crippen LogP contribution in [0.4, 0.5) is 0 Å². The predicted octanol–water partition coefficient (Wildman–Crippen LogP) is 4.66. The Morgan fingerprint density at radius 2 is 2.04 bits per heavy atom. The number of Topliss-reactive ketones (excluding diaryl/α,β-unsaturated/α-hetero) is 1. The van der Waals surface area contributed by atoms with E-state index < -0.39 is 0 Å². The van der Waals surface area contributed by atoms with E-state index in [1.807, 2.05) is 6.07 Å². The number of nitrogens with zero attached hydrogens (tertiary/aromatic N) is 1. The molecule has 0 atom stereocenters. The van der Waals surface area contributed by atoms with E-state index in [1.165, 1.54) is 29.0 Å². The zero-order valence-electron chi connectivity index (χ0n) is 16.2. The fourth-order valence-corrected chi connectivity index (χ4v) is 4.28. The molecule has 3 aromatic rings. The maximum absolute atomic E-state index is 12.0. The second-order valence-electron chi connectivity index (χ2n) is 7.79. The number of carbonyl (C=O) groups excluding carboxylic acids is 1. The second-order valence-corrected chi connectivity index (χ2v) is 7.79. The molecule has 140 valence electrons. The number of aryl methyl sites for hydroxylation is 1. The summed E-state index contributed by atoms with van der Waals surface area (Å²) in [5, 5.41) is 16.1. The molecule has 1 heterocycles. The van der Waals surface area contributed by atoms with Gasteiger partial charge in [0.1, 0.15) is 5.75 Å². The second kappa shape index (κ2) is 6.54. The van der Waals surface area contributed by atoms with E-state index in [9.17, 15) is 9.90 Å². The van der Waals surface area contributed by atoms with E-state index in [1.54, 1.807) is 6.07 Å². The van der Waals surface area contributed by atoms with Crippen molar-refractivity contribution in [2.75, 3.05) is 6.54 Å². The molecule has 0 saturated carbocycles. The average molecular weight is 362 g/mol. The molecular formula is C23H26N2O2. The molecule has 1 aromatic heterocycles. The summed E-state index contributed by atoms with van der Waals surface area (Å²) >= 11 is 0. The van der Waals surface area contributed by atoms with Crippen LogP contribution in [0.1, 0.15) is 48.7 Å². The number of aromatic hydroxyl groups is 1. The van der Waals surface area contributed by atoms with Crippen molar-refractivity contribution in [1.82, 2.24) is 9.88 Å². The first-order valence-corrected chi connectivity index (χ1v) is 9.61. The van der Waals surface area contributed by atoms with Gasteiger partial charge in [-0.2, -0.15) is 0 Å². The van der Waals surface area contributed by atoms with E-state index in [0.717, 1.165) is 42.4 Å². The predicted molar refractivity (Wildman–Crippen MR) is 112 cm³/mol. The van der Waals surface area contributed by atoms with Crippen molar-refractivity contribution in [1.29, 1.82) is 0 Å². The van der Waals surface area contributed by atoms with E-state index in [4.69, 9.17) is 0 Å². The van der Waals surface area contributed by atoms with E-state index >= 15 is 0 Å². The normalized spacial score (nSPS) is 13.9. The summed E-state index contributed by atoms with van der Waals surface area (Å²) in [5.74, 6) is -0.0642. The Labute approximate surface area is 159 Å². The molecule has 4 heteroatoms. The maximum atomic E-state index is 12.0. The van der Waals surface area contributed by atoms with Crippen LogP contribution in [-0.2, 0) is 13.0 Å². The Balaban J connectivity index is 2.01. The van der Waals surface area contributed by atoms with Gasteiger partial charge in [0.15, 0.2) is 5.78 Å². The standard InChI is InChI=1S/C23H26N2O2/c1-13(2)24-9-10-25-20-8-7-16-14(3)5-6-17(16)23(20)19-11-18(15(4)26)22(27)12-21(19)25/h7-8,11-13,24,27H,3,5-6,9-10H2,1-2,4H3. The molecule has 1 aliphatic rings. The minimum Gasteiger partial charge on any atom is -0.507 e. The molecule has 0 aliphatic heterocycles. The largest absolute Gasteiger partial charge is 0.507 e. The van der Waals surface area contributed by atoms with Crippen LogP contribution >= 0.6 is 0 Å². The van der Waals surface area contributed by atoms with Gasteiger partial charge in [-0.1, -0.05) is 26.5 Å². The van der Waals surface area contributed by atoms with Crippen LogP contribution in [-0.4, -0.2) is 28.0 Å². The summed E-state index contributed by atoms with van der Waals surface area (Å²) in [4.78, 5) is 12.0. The molecule has 27 heavy (non-hydrogen) atoms. The van der Waals surface area contributed by atoms with Gasteiger partial charge in [-0.05, 0) is 48.6 Å². The van der Waals surface area contributed by atoms with Crippen LogP contribution in [0.5, 0.6) is 5.75 Å². The fourth-order valence-electron chi connectivity index (χ4n) is 4.28. The van der Waals surface area contributed by atoms with Crippen LogP contribution in [0.15, 0.2) is 30.8 Å². The van der Waals surface area contributed by atoms with Crippen LogP contribution in [0.2, 0.25) is 0 Å². The molecule has 0 spiro atoms. The average Bonchev–Trinajstić information content (AvgIpc) is 3.12. The van der Waals surface area contributed by atoms with Gasteiger partial charge >= 0.3 is 0 Å². The SMILES string of the molecule is C=C1CCc2c1ccc1c2c2cc(C(C)=O)c(O)cc2n1CCNC(C)C. The molecule has 4 rings (SSSR count). The van der Waals surface area contributed by atoms with Gasteiger partial charge in [0.2, 0.25) is 0 Å². The number of hydrogen-bond donors (Lipinski definition) is 2. The van der Waals surface area contributed by atoms with Crippen LogP contribution in [0.25, 0.3) is 27.4 Å². The van der Waals surface area contributed by atoms with Gasteiger partial charge in [-0.15, -0.1) is 0 Å². The first kappa shape index (κ1) is 17.8. The number of phenolic OH excluding ortho intramolecular Hbond substituents is 1. The van der Waals surface area contributed by atoms with Gasteiger partial charge in [0.25, 0.3) is 0 Å². The summed E-state index contributed by atoms with van der Waals surface area (Å²) in [6.07, 6.45) is 1.96. The van der Waals surface area contributed by atoms with E-state index in [2.05, 4.69) is 42.4 Å². The molecule has 2 N–H and O–H groups in total. The molecule has 0 fully saturated rings. The molecule has 0 amide bonds. The Morgan fingerprint density at radius 1 is 1.26 bits per heavy atom. The van der Waals surface area contributed by atoms with Gasteiger partial charge in [0, 0.05) is 41.5 Å². The lowest BCUT2D eigenvalue weighted by Crippen LogP contribution is -2.26. The van der Waals surface area contributed by atoms with Gasteiger partial charge in [0.05, 0.1) is 11.1 Å². The number of aromatic nitrogens is 1. The number of nitrogens with one attached hydrogen (secondary N) is 1. The summed E-state index contributed by atoms with van der Waals surface area (Å²) in [6, 6.07) is 8.36. The highest BCUT2D eigenvalue weighted by Gasteiger charge is 2.23. The Hall–Kier alpha value is -2.59. The first-order chi connectivity index (χ1) is 12.9. The van der Waals surface area contributed by atoms with Gasteiger partial charge < -0.3 is 15.0 Å². The lowest BCUT2D eigenvalue weighted by atomic mass is 10.00. The number of allylic oxidation sites excluding steroid dienone is 1. The van der Waals surface area contributed by atoms with Crippen molar-refractivity contribution < 1.29 is 9.90 Å². The van der Waals surface area contributed by atoms with Crippen molar-refractivity contribution in [2.45, 2.75) is 46.2 Å².